The van der Waals surface area contributed by atoms with Crippen molar-refractivity contribution in [1.82, 2.24) is 16.0 Å². The fourth-order valence-electron chi connectivity index (χ4n) is 2.31. The second-order valence-corrected chi connectivity index (χ2v) is 5.25. The molecule has 118 valence electrons. The van der Waals surface area contributed by atoms with Crippen LogP contribution < -0.4 is 16.0 Å². The van der Waals surface area contributed by atoms with Crippen LogP contribution in [0.3, 0.4) is 0 Å². The van der Waals surface area contributed by atoms with E-state index in [0.717, 1.165) is 45.2 Å². The third kappa shape index (κ3) is 7.10. The molecule has 6 heteroatoms. The monoisotopic (exact) mass is 305 g/mol. The minimum Gasteiger partial charge on any atom is -0.353 e. The molecule has 1 unspecified atom stereocenters. The van der Waals surface area contributed by atoms with Crippen LogP contribution in [0.25, 0.3) is 0 Å². The van der Waals surface area contributed by atoms with Crippen LogP contribution >= 0.6 is 12.4 Å². The molecule has 1 atom stereocenters. The molecule has 0 aromatic carbocycles. The molecule has 1 fully saturated rings. The molecule has 0 spiro atoms. The van der Waals surface area contributed by atoms with Crippen molar-refractivity contribution in [1.29, 1.82) is 0 Å². The van der Waals surface area contributed by atoms with Crippen LogP contribution in [-0.4, -0.2) is 37.5 Å². The maximum Gasteiger partial charge on any atom is 0.242 e. The van der Waals surface area contributed by atoms with E-state index in [-0.39, 0.29) is 30.1 Å². The molecule has 0 heterocycles. The first-order valence-corrected chi connectivity index (χ1v) is 7.44. The maximum absolute atomic E-state index is 11.9. The van der Waals surface area contributed by atoms with Gasteiger partial charge in [-0.25, -0.2) is 0 Å². The van der Waals surface area contributed by atoms with E-state index in [1.165, 1.54) is 0 Å². The Morgan fingerprint density at radius 1 is 1.15 bits per heavy atom. The standard InChI is InChI=1S/C14H27N3O2.ClH/c1-3-8-15-9-10-16-13(18)11(2)17-14(19)12-6-4-5-7-12;/h11-12,15H,3-10H2,1-2H3,(H,16,18)(H,17,19);1H. The summed E-state index contributed by atoms with van der Waals surface area (Å²) in [5, 5.41) is 8.84. The van der Waals surface area contributed by atoms with Crippen molar-refractivity contribution in [3.05, 3.63) is 0 Å². The second kappa shape index (κ2) is 10.9. The number of rotatable bonds is 8. The van der Waals surface area contributed by atoms with Crippen LogP contribution in [-0.2, 0) is 9.59 Å². The van der Waals surface area contributed by atoms with Crippen molar-refractivity contribution in [3.63, 3.8) is 0 Å². The van der Waals surface area contributed by atoms with E-state index in [2.05, 4.69) is 22.9 Å². The van der Waals surface area contributed by atoms with Crippen LogP contribution in [0.2, 0.25) is 0 Å². The summed E-state index contributed by atoms with van der Waals surface area (Å²) in [5.41, 5.74) is 0. The van der Waals surface area contributed by atoms with Crippen molar-refractivity contribution in [2.75, 3.05) is 19.6 Å². The number of hydrogen-bond acceptors (Lipinski definition) is 3. The SMILES string of the molecule is CCCNCCNC(=O)C(C)NC(=O)C1CCCC1.Cl. The zero-order valence-corrected chi connectivity index (χ0v) is 13.4. The van der Waals surface area contributed by atoms with Crippen molar-refractivity contribution >= 4 is 24.2 Å². The van der Waals surface area contributed by atoms with E-state index in [1.54, 1.807) is 6.92 Å². The smallest absolute Gasteiger partial charge is 0.242 e. The Bertz CT molecular complexity index is 294. The van der Waals surface area contributed by atoms with Crippen LogP contribution in [0.5, 0.6) is 0 Å². The molecular weight excluding hydrogens is 278 g/mol. The topological polar surface area (TPSA) is 70.2 Å². The van der Waals surface area contributed by atoms with Gasteiger partial charge in [-0.05, 0) is 32.7 Å². The van der Waals surface area contributed by atoms with E-state index in [4.69, 9.17) is 0 Å². The molecule has 1 aliphatic carbocycles. The van der Waals surface area contributed by atoms with Crippen LogP contribution in [0, 0.1) is 5.92 Å². The summed E-state index contributed by atoms with van der Waals surface area (Å²) in [4.78, 5) is 23.6. The molecule has 0 saturated heterocycles. The van der Waals surface area contributed by atoms with Gasteiger partial charge in [0.05, 0.1) is 0 Å². The number of nitrogens with one attached hydrogen (secondary N) is 3. The number of halogens is 1. The lowest BCUT2D eigenvalue weighted by Gasteiger charge is -2.16. The zero-order chi connectivity index (χ0) is 14.1. The first-order valence-electron chi connectivity index (χ1n) is 7.44. The van der Waals surface area contributed by atoms with Gasteiger partial charge in [0, 0.05) is 19.0 Å². The third-order valence-corrected chi connectivity index (χ3v) is 3.51. The molecule has 0 aromatic heterocycles. The number of carbonyl (C=O) groups excluding carboxylic acids is 2. The van der Waals surface area contributed by atoms with Gasteiger partial charge in [-0.15, -0.1) is 12.4 Å². The van der Waals surface area contributed by atoms with E-state index in [9.17, 15) is 9.59 Å². The highest BCUT2D eigenvalue weighted by molar-refractivity contribution is 5.88. The number of hydrogen-bond donors (Lipinski definition) is 3. The summed E-state index contributed by atoms with van der Waals surface area (Å²) in [6, 6.07) is -0.445. The summed E-state index contributed by atoms with van der Waals surface area (Å²) in [6.07, 6.45) is 5.26. The maximum atomic E-state index is 11.9. The lowest BCUT2D eigenvalue weighted by molar-refractivity contribution is -0.130. The first-order chi connectivity index (χ1) is 9.15. The minimum atomic E-state index is -0.445. The minimum absolute atomic E-state index is 0. The predicted octanol–water partition coefficient (Wildman–Crippen LogP) is 1.22. The largest absolute Gasteiger partial charge is 0.353 e. The summed E-state index contributed by atoms with van der Waals surface area (Å²) >= 11 is 0. The molecule has 0 aliphatic heterocycles. The second-order valence-electron chi connectivity index (χ2n) is 5.25. The average Bonchev–Trinajstić information content (AvgIpc) is 2.92. The Morgan fingerprint density at radius 3 is 2.40 bits per heavy atom. The van der Waals surface area contributed by atoms with Crippen molar-refractivity contribution in [3.8, 4) is 0 Å². The number of carbonyl (C=O) groups is 2. The van der Waals surface area contributed by atoms with E-state index < -0.39 is 6.04 Å². The quantitative estimate of drug-likeness (QED) is 0.591. The fraction of sp³-hybridized carbons (Fsp3) is 0.857. The predicted molar refractivity (Wildman–Crippen MR) is 83.0 cm³/mol. The molecule has 1 rings (SSSR count). The fourth-order valence-corrected chi connectivity index (χ4v) is 2.31. The molecule has 1 saturated carbocycles. The van der Waals surface area contributed by atoms with E-state index in [1.807, 2.05) is 0 Å². The molecule has 3 N–H and O–H groups in total. The van der Waals surface area contributed by atoms with Gasteiger partial charge in [-0.3, -0.25) is 9.59 Å². The molecule has 2 amide bonds. The molecule has 5 nitrogen and oxygen atoms in total. The molecular formula is C14H28ClN3O2. The van der Waals surface area contributed by atoms with Gasteiger partial charge in [0.1, 0.15) is 6.04 Å². The van der Waals surface area contributed by atoms with Gasteiger partial charge < -0.3 is 16.0 Å². The van der Waals surface area contributed by atoms with Crippen LogP contribution in [0.4, 0.5) is 0 Å². The lowest BCUT2D eigenvalue weighted by atomic mass is 10.1. The Labute approximate surface area is 128 Å². The van der Waals surface area contributed by atoms with Gasteiger partial charge >= 0.3 is 0 Å². The highest BCUT2D eigenvalue weighted by Gasteiger charge is 2.25. The first kappa shape index (κ1) is 19.2. The normalized spacial score (nSPS) is 16.3. The summed E-state index contributed by atoms with van der Waals surface area (Å²) in [6.45, 7) is 6.17. The summed E-state index contributed by atoms with van der Waals surface area (Å²) in [5.74, 6) is 0.0374. The van der Waals surface area contributed by atoms with Gasteiger partial charge in [-0.1, -0.05) is 19.8 Å². The Balaban J connectivity index is 0.00000361. The van der Waals surface area contributed by atoms with Gasteiger partial charge in [0.25, 0.3) is 0 Å². The Hall–Kier alpha value is -0.810. The molecule has 0 bridgehead atoms. The summed E-state index contributed by atoms with van der Waals surface area (Å²) in [7, 11) is 0. The highest BCUT2D eigenvalue weighted by Crippen LogP contribution is 2.24. The third-order valence-electron chi connectivity index (χ3n) is 3.51. The van der Waals surface area contributed by atoms with Gasteiger partial charge in [0.2, 0.25) is 11.8 Å². The average molecular weight is 306 g/mol. The van der Waals surface area contributed by atoms with E-state index in [0.29, 0.717) is 6.54 Å². The van der Waals surface area contributed by atoms with Crippen molar-refractivity contribution in [2.45, 2.75) is 52.0 Å². The van der Waals surface area contributed by atoms with Crippen LogP contribution in [0.1, 0.15) is 46.0 Å². The van der Waals surface area contributed by atoms with Crippen LogP contribution in [0.15, 0.2) is 0 Å². The number of amides is 2. The highest BCUT2D eigenvalue weighted by atomic mass is 35.5. The van der Waals surface area contributed by atoms with Crippen molar-refractivity contribution in [2.24, 2.45) is 5.92 Å². The Morgan fingerprint density at radius 2 is 1.80 bits per heavy atom. The van der Waals surface area contributed by atoms with Crippen molar-refractivity contribution < 1.29 is 9.59 Å². The molecule has 0 radical (unpaired) electrons. The Kier molecular flexibility index (Phi) is 10.5. The summed E-state index contributed by atoms with van der Waals surface area (Å²) < 4.78 is 0. The van der Waals surface area contributed by atoms with E-state index >= 15 is 0 Å². The zero-order valence-electron chi connectivity index (χ0n) is 12.5. The van der Waals surface area contributed by atoms with Gasteiger partial charge in [0.15, 0.2) is 0 Å². The molecule has 0 aromatic rings. The molecule has 20 heavy (non-hydrogen) atoms. The lowest BCUT2D eigenvalue weighted by Crippen LogP contribution is -2.47. The molecule has 1 aliphatic rings. The van der Waals surface area contributed by atoms with Gasteiger partial charge in [-0.2, -0.15) is 0 Å².